The molecule has 1 amide bonds. The van der Waals surface area contributed by atoms with Gasteiger partial charge in [0.25, 0.3) is 5.91 Å². The van der Waals surface area contributed by atoms with E-state index >= 15 is 0 Å². The Morgan fingerprint density at radius 3 is 3.04 bits per heavy atom. The highest BCUT2D eigenvalue weighted by Crippen LogP contribution is 2.14. The number of nitrogens with zero attached hydrogens (tertiary/aromatic N) is 2. The molecule has 0 aliphatic carbocycles. The Balaban J connectivity index is 1.64. The summed E-state index contributed by atoms with van der Waals surface area (Å²) in [6, 6.07) is 11.0. The van der Waals surface area contributed by atoms with Gasteiger partial charge in [0.05, 0.1) is 7.11 Å². The molecule has 0 radical (unpaired) electrons. The molecule has 23 heavy (non-hydrogen) atoms. The number of benzene rings is 1. The number of carbonyl (C=O) groups excluding carboxylic acids is 1. The van der Waals surface area contributed by atoms with Crippen LogP contribution in [0, 0.1) is 0 Å². The Morgan fingerprint density at radius 2 is 2.22 bits per heavy atom. The number of ether oxygens (including phenoxy) is 1. The molecule has 0 spiro atoms. The second-order valence-corrected chi connectivity index (χ2v) is 5.98. The van der Waals surface area contributed by atoms with Crippen LogP contribution in [0.2, 0.25) is 0 Å². The quantitative estimate of drug-likeness (QED) is 0.747. The lowest BCUT2D eigenvalue weighted by molar-refractivity contribution is 0.0953. The van der Waals surface area contributed by atoms with Crippen molar-refractivity contribution in [3.05, 3.63) is 64.5 Å². The zero-order chi connectivity index (χ0) is 16.2. The van der Waals surface area contributed by atoms with Crippen molar-refractivity contribution in [1.82, 2.24) is 14.7 Å². The lowest BCUT2D eigenvalue weighted by atomic mass is 10.2. The van der Waals surface area contributed by atoms with E-state index in [9.17, 15) is 4.79 Å². The van der Waals surface area contributed by atoms with Gasteiger partial charge >= 0.3 is 0 Å². The van der Waals surface area contributed by atoms with E-state index in [4.69, 9.17) is 4.74 Å². The molecule has 1 aromatic carbocycles. The van der Waals surface area contributed by atoms with Gasteiger partial charge in [0.1, 0.15) is 11.4 Å². The predicted octanol–water partition coefficient (Wildman–Crippen LogP) is 3.08. The zero-order valence-electron chi connectivity index (χ0n) is 12.6. The van der Waals surface area contributed by atoms with Gasteiger partial charge in [0.15, 0.2) is 0 Å². The van der Waals surface area contributed by atoms with Crippen LogP contribution in [0.5, 0.6) is 5.75 Å². The van der Waals surface area contributed by atoms with Crippen LogP contribution in [-0.2, 0) is 6.42 Å². The summed E-state index contributed by atoms with van der Waals surface area (Å²) in [5.74, 6) is 0.559. The fraction of sp³-hybridized carbons (Fsp3) is 0.176. The molecule has 6 heteroatoms. The molecule has 1 N–H and O–H groups in total. The van der Waals surface area contributed by atoms with E-state index in [-0.39, 0.29) is 5.91 Å². The van der Waals surface area contributed by atoms with Gasteiger partial charge < -0.3 is 14.5 Å². The molecular weight excluding hydrogens is 358 g/mol. The Bertz CT molecular complexity index is 845. The first-order chi connectivity index (χ1) is 11.2. The second kappa shape index (κ2) is 6.83. The maximum absolute atomic E-state index is 12.2. The third-order valence-electron chi connectivity index (χ3n) is 3.54. The number of fused-ring (bicyclic) bond motifs is 1. The first-order valence-corrected chi connectivity index (χ1v) is 8.00. The molecule has 0 aliphatic heterocycles. The number of halogens is 1. The van der Waals surface area contributed by atoms with Crippen LogP contribution in [0.4, 0.5) is 0 Å². The molecule has 0 saturated heterocycles. The second-order valence-electron chi connectivity index (χ2n) is 5.06. The molecule has 3 rings (SSSR count). The Labute approximate surface area is 142 Å². The maximum Gasteiger partial charge on any atom is 0.251 e. The molecular formula is C17H16BrN3O2. The molecule has 2 aromatic heterocycles. The van der Waals surface area contributed by atoms with Crippen LogP contribution in [0.15, 0.2) is 53.3 Å². The normalized spacial score (nSPS) is 10.7. The molecule has 0 unspecified atom stereocenters. The number of pyridine rings is 1. The predicted molar refractivity (Wildman–Crippen MR) is 91.9 cm³/mol. The van der Waals surface area contributed by atoms with Gasteiger partial charge in [-0.25, -0.2) is 4.98 Å². The summed E-state index contributed by atoms with van der Waals surface area (Å²) in [6.07, 6.45) is 4.51. The number of nitrogens with one attached hydrogen (secondary N) is 1. The molecule has 118 valence electrons. The summed E-state index contributed by atoms with van der Waals surface area (Å²) in [6.45, 7) is 0.538. The van der Waals surface area contributed by atoms with Gasteiger partial charge in [-0.15, -0.1) is 0 Å². The number of hydrogen-bond acceptors (Lipinski definition) is 3. The minimum atomic E-state index is -0.112. The molecule has 0 atom stereocenters. The maximum atomic E-state index is 12.2. The largest absolute Gasteiger partial charge is 0.497 e. The van der Waals surface area contributed by atoms with Crippen molar-refractivity contribution < 1.29 is 9.53 Å². The molecule has 0 saturated carbocycles. The van der Waals surface area contributed by atoms with E-state index in [0.717, 1.165) is 15.8 Å². The molecule has 2 heterocycles. The van der Waals surface area contributed by atoms with E-state index in [0.29, 0.717) is 24.3 Å². The first-order valence-electron chi connectivity index (χ1n) is 7.21. The van der Waals surface area contributed by atoms with E-state index < -0.39 is 0 Å². The number of hydrogen-bond donors (Lipinski definition) is 1. The number of methoxy groups -OCH3 is 1. The van der Waals surface area contributed by atoms with Crippen molar-refractivity contribution in [2.45, 2.75) is 6.42 Å². The number of imidazole rings is 1. The van der Waals surface area contributed by atoms with Crippen LogP contribution >= 0.6 is 15.9 Å². The van der Waals surface area contributed by atoms with Crippen LogP contribution in [0.1, 0.15) is 16.1 Å². The smallest absolute Gasteiger partial charge is 0.251 e. The topological polar surface area (TPSA) is 55.6 Å². The van der Waals surface area contributed by atoms with Crippen LogP contribution in [-0.4, -0.2) is 28.9 Å². The Kier molecular flexibility index (Phi) is 4.62. The van der Waals surface area contributed by atoms with Gasteiger partial charge in [-0.05, 0) is 46.3 Å². The minimum absolute atomic E-state index is 0.112. The van der Waals surface area contributed by atoms with Gasteiger partial charge in [0, 0.05) is 41.1 Å². The van der Waals surface area contributed by atoms with Crippen LogP contribution in [0.25, 0.3) is 5.65 Å². The molecule has 5 nitrogen and oxygen atoms in total. The van der Waals surface area contributed by atoms with Crippen molar-refractivity contribution >= 4 is 27.5 Å². The highest BCUT2D eigenvalue weighted by Gasteiger charge is 2.08. The van der Waals surface area contributed by atoms with Crippen molar-refractivity contribution in [3.63, 3.8) is 0 Å². The van der Waals surface area contributed by atoms with E-state index in [1.165, 1.54) is 0 Å². The van der Waals surface area contributed by atoms with Crippen LogP contribution < -0.4 is 10.1 Å². The SMILES string of the molecule is COc1cccc(C(=O)NCCc2cnc3ccc(Br)cn23)c1. The Morgan fingerprint density at radius 1 is 1.35 bits per heavy atom. The summed E-state index contributed by atoms with van der Waals surface area (Å²) in [5.41, 5.74) is 2.53. The standard InChI is InChI=1S/C17H16BrN3O2/c1-23-15-4-2-3-12(9-15)17(22)19-8-7-14-10-20-16-6-5-13(18)11-21(14)16/h2-6,9-11H,7-8H2,1H3,(H,19,22). The Hall–Kier alpha value is -2.34. The number of carbonyl (C=O) groups is 1. The van der Waals surface area contributed by atoms with Crippen molar-refractivity contribution in [2.24, 2.45) is 0 Å². The van der Waals surface area contributed by atoms with Crippen molar-refractivity contribution in [2.75, 3.05) is 13.7 Å². The third-order valence-corrected chi connectivity index (χ3v) is 4.01. The lowest BCUT2D eigenvalue weighted by Gasteiger charge is -2.07. The summed E-state index contributed by atoms with van der Waals surface area (Å²) >= 11 is 3.46. The van der Waals surface area contributed by atoms with E-state index in [1.54, 1.807) is 25.3 Å². The summed E-state index contributed by atoms with van der Waals surface area (Å²) < 4.78 is 8.14. The monoisotopic (exact) mass is 373 g/mol. The minimum Gasteiger partial charge on any atom is -0.497 e. The van der Waals surface area contributed by atoms with Gasteiger partial charge in [-0.1, -0.05) is 6.07 Å². The van der Waals surface area contributed by atoms with Gasteiger partial charge in [-0.2, -0.15) is 0 Å². The van der Waals surface area contributed by atoms with E-state index in [2.05, 4.69) is 26.2 Å². The van der Waals surface area contributed by atoms with Gasteiger partial charge in [-0.3, -0.25) is 4.79 Å². The van der Waals surface area contributed by atoms with Gasteiger partial charge in [0.2, 0.25) is 0 Å². The molecule has 0 fully saturated rings. The lowest BCUT2D eigenvalue weighted by Crippen LogP contribution is -2.25. The fourth-order valence-electron chi connectivity index (χ4n) is 2.36. The molecule has 0 bridgehead atoms. The first kappa shape index (κ1) is 15.6. The number of amides is 1. The van der Waals surface area contributed by atoms with Crippen LogP contribution in [0.3, 0.4) is 0 Å². The summed E-state index contributed by atoms with van der Waals surface area (Å²) in [7, 11) is 1.58. The summed E-state index contributed by atoms with van der Waals surface area (Å²) in [4.78, 5) is 16.5. The zero-order valence-corrected chi connectivity index (χ0v) is 14.2. The average molecular weight is 374 g/mol. The average Bonchev–Trinajstić information content (AvgIpc) is 2.97. The summed E-state index contributed by atoms with van der Waals surface area (Å²) in [5, 5.41) is 2.92. The van der Waals surface area contributed by atoms with E-state index in [1.807, 2.05) is 35.0 Å². The number of rotatable bonds is 5. The van der Waals surface area contributed by atoms with Crippen molar-refractivity contribution in [3.8, 4) is 5.75 Å². The third kappa shape index (κ3) is 3.53. The van der Waals surface area contributed by atoms with Crippen molar-refractivity contribution in [1.29, 1.82) is 0 Å². The highest BCUT2D eigenvalue weighted by atomic mass is 79.9. The molecule has 3 aromatic rings. The highest BCUT2D eigenvalue weighted by molar-refractivity contribution is 9.10. The fourth-order valence-corrected chi connectivity index (χ4v) is 2.70. The molecule has 0 aliphatic rings. The number of aromatic nitrogens is 2.